The van der Waals surface area contributed by atoms with Gasteiger partial charge in [0.15, 0.2) is 0 Å². The number of hydrogen-bond donors (Lipinski definition) is 9. The molecule has 4 aromatic carbocycles. The quantitative estimate of drug-likeness (QED) is 0.0368. The normalized spacial score (nSPS) is 11.3. The van der Waals surface area contributed by atoms with Crippen LogP contribution in [0.5, 0.6) is 11.5 Å². The number of carboxylic acids is 1. The third-order valence-corrected chi connectivity index (χ3v) is 10.7. The zero-order valence-electron chi connectivity index (χ0n) is 43.2. The first-order valence-corrected chi connectivity index (χ1v) is 23.1. The Kier molecular flexibility index (Phi) is 23.3. The van der Waals surface area contributed by atoms with Gasteiger partial charge in [-0.15, -0.1) is 12.4 Å². The number of ether oxygens (including phenoxy) is 3. The Bertz CT molecular complexity index is 2890. The van der Waals surface area contributed by atoms with Crippen molar-refractivity contribution in [2.24, 2.45) is 11.5 Å². The van der Waals surface area contributed by atoms with E-state index in [2.05, 4.69) is 50.7 Å². The molecule has 2 atom stereocenters. The lowest BCUT2D eigenvalue weighted by atomic mass is 9.99. The summed E-state index contributed by atoms with van der Waals surface area (Å²) < 4.78 is 14.0. The van der Waals surface area contributed by atoms with E-state index in [1.54, 1.807) is 72.7 Å². The summed E-state index contributed by atoms with van der Waals surface area (Å²) in [6.07, 6.45) is -0.609. The van der Waals surface area contributed by atoms with Crippen LogP contribution in [0, 0.1) is 27.7 Å². The fourth-order valence-electron chi connectivity index (χ4n) is 7.18. The van der Waals surface area contributed by atoms with E-state index in [1.165, 1.54) is 14.2 Å². The van der Waals surface area contributed by atoms with Gasteiger partial charge in [0, 0.05) is 37.3 Å². The number of para-hydroxylation sites is 2. The number of nitrogens with zero attached hydrogens (tertiary/aromatic N) is 4. The molecule has 22 heteroatoms. The fraction of sp³-hybridized carbons (Fsp3) is 0.302. The molecule has 21 nitrogen and oxygen atoms in total. The maximum absolute atomic E-state index is 12.7. The molecule has 0 spiro atoms. The number of carbonyl (C=O) groups excluding carboxylic acids is 4. The van der Waals surface area contributed by atoms with E-state index in [1.807, 2.05) is 72.8 Å². The Hall–Kier alpha value is -8.40. The number of aromatic carboxylic acids is 1. The van der Waals surface area contributed by atoms with Gasteiger partial charge < -0.3 is 62.3 Å². The van der Waals surface area contributed by atoms with Crippen LogP contribution in [0.15, 0.2) is 97.1 Å². The monoisotopic (exact) mass is 1050 g/mol. The van der Waals surface area contributed by atoms with E-state index < -0.39 is 47.6 Å². The molecule has 0 aliphatic heterocycles. The molecule has 6 rings (SSSR count). The molecule has 0 unspecified atom stereocenters. The minimum atomic E-state index is -1.03. The second-order valence-corrected chi connectivity index (χ2v) is 17.3. The fourth-order valence-corrected chi connectivity index (χ4v) is 7.18. The first kappa shape index (κ1) is 60.9. The minimum absolute atomic E-state index is 0. The van der Waals surface area contributed by atoms with Gasteiger partial charge in [-0.25, -0.2) is 34.3 Å². The first-order chi connectivity index (χ1) is 35.1. The number of aromatic hydroxyl groups is 2. The summed E-state index contributed by atoms with van der Waals surface area (Å²) in [7, 11) is 2.46. The van der Waals surface area contributed by atoms with Crippen molar-refractivity contribution in [2.45, 2.75) is 79.2 Å². The Labute approximate surface area is 441 Å². The number of esters is 2. The molecule has 6 aromatic rings. The molecule has 400 valence electrons. The first-order valence-electron chi connectivity index (χ1n) is 23.1. The van der Waals surface area contributed by atoms with E-state index in [0.717, 1.165) is 33.4 Å². The summed E-state index contributed by atoms with van der Waals surface area (Å²) in [6.45, 7) is 12.7. The summed E-state index contributed by atoms with van der Waals surface area (Å²) in [4.78, 5) is 75.0. The predicted octanol–water partition coefficient (Wildman–Crippen LogP) is 6.52. The molecule has 0 aliphatic carbocycles. The highest BCUT2D eigenvalue weighted by molar-refractivity contribution is 5.98. The largest absolute Gasteiger partial charge is 0.507 e. The Morgan fingerprint density at radius 1 is 0.613 bits per heavy atom. The summed E-state index contributed by atoms with van der Waals surface area (Å²) >= 11 is 0. The minimum Gasteiger partial charge on any atom is -0.507 e. The SMILES string of the molecule is COC(=O)[C@@H](N)CNC(=O)OC(C)(C)C.COC(=O)[C@H](CN)NC(=O)c1c(C)nc(NCc2ccccc2-c2ccccc2O)nc1C.Cc1nc(NCc2ccccc2-c2ccccc2O)nc(C)c1C(=O)O.Cl. The van der Waals surface area contributed by atoms with Crippen molar-refractivity contribution in [3.8, 4) is 33.8 Å². The summed E-state index contributed by atoms with van der Waals surface area (Å²) in [6, 6.07) is 27.9. The van der Waals surface area contributed by atoms with Gasteiger partial charge in [0.25, 0.3) is 5.91 Å². The van der Waals surface area contributed by atoms with Crippen LogP contribution in [0.25, 0.3) is 22.3 Å². The number of anilines is 2. The van der Waals surface area contributed by atoms with Crippen LogP contribution in [0.3, 0.4) is 0 Å². The molecular weight excluding hydrogens is 988 g/mol. The maximum atomic E-state index is 12.7. The van der Waals surface area contributed by atoms with Crippen LogP contribution >= 0.6 is 12.4 Å². The van der Waals surface area contributed by atoms with Gasteiger partial charge in [0.2, 0.25) is 11.9 Å². The number of aryl methyl sites for hydroxylation is 4. The average molecular weight is 1050 g/mol. The summed E-state index contributed by atoms with van der Waals surface area (Å²) in [5.41, 5.74) is 17.7. The summed E-state index contributed by atoms with van der Waals surface area (Å²) in [5, 5.41) is 40.8. The average Bonchev–Trinajstić information content (AvgIpc) is 3.35. The number of nitrogens with two attached hydrogens (primary N) is 2. The third kappa shape index (κ3) is 17.9. The van der Waals surface area contributed by atoms with Gasteiger partial charge in [0.1, 0.15) is 34.7 Å². The highest BCUT2D eigenvalue weighted by atomic mass is 35.5. The van der Waals surface area contributed by atoms with Crippen molar-refractivity contribution >= 4 is 54.2 Å². The van der Waals surface area contributed by atoms with Crippen LogP contribution in [0.1, 0.15) is 75.4 Å². The molecule has 0 bridgehead atoms. The third-order valence-electron chi connectivity index (χ3n) is 10.7. The Morgan fingerprint density at radius 3 is 1.37 bits per heavy atom. The molecule has 0 aliphatic rings. The number of hydrogen-bond acceptors (Lipinski definition) is 18. The van der Waals surface area contributed by atoms with E-state index in [0.29, 0.717) is 47.8 Å². The number of nitrogens with one attached hydrogen (secondary N) is 4. The van der Waals surface area contributed by atoms with Gasteiger partial charge in [-0.1, -0.05) is 84.9 Å². The van der Waals surface area contributed by atoms with Crippen LogP contribution in [0.4, 0.5) is 16.7 Å². The number of benzene rings is 4. The van der Waals surface area contributed by atoms with E-state index in [-0.39, 0.29) is 48.1 Å². The highest BCUT2D eigenvalue weighted by Gasteiger charge is 2.24. The molecule has 2 aromatic heterocycles. The smallest absolute Gasteiger partial charge is 0.407 e. The van der Waals surface area contributed by atoms with E-state index in [4.69, 9.17) is 16.2 Å². The molecule has 0 saturated heterocycles. The number of carboxylic acid groups (broad SMARTS) is 1. The molecule has 0 radical (unpaired) electrons. The number of halogens is 1. The zero-order chi connectivity index (χ0) is 54.7. The number of aromatic nitrogens is 4. The van der Waals surface area contributed by atoms with Crippen LogP contribution in [0.2, 0.25) is 0 Å². The number of rotatable bonds is 16. The molecule has 0 fully saturated rings. The highest BCUT2D eigenvalue weighted by Crippen LogP contribution is 2.33. The predicted molar refractivity (Wildman–Crippen MR) is 286 cm³/mol. The Balaban J connectivity index is 0.000000315. The molecular formula is C53H65ClN10O11. The van der Waals surface area contributed by atoms with Gasteiger partial charge >= 0.3 is 24.0 Å². The van der Waals surface area contributed by atoms with Gasteiger partial charge in [-0.3, -0.25) is 9.59 Å². The molecule has 2 amide bonds. The van der Waals surface area contributed by atoms with Crippen molar-refractivity contribution in [1.82, 2.24) is 30.6 Å². The lowest BCUT2D eigenvalue weighted by molar-refractivity contribution is -0.143. The zero-order valence-corrected chi connectivity index (χ0v) is 44.0. The van der Waals surface area contributed by atoms with Crippen LogP contribution < -0.4 is 32.7 Å². The second kappa shape index (κ2) is 28.7. The second-order valence-electron chi connectivity index (χ2n) is 17.3. The number of phenolic OH excluding ortho intramolecular Hbond substituents is 2. The van der Waals surface area contributed by atoms with Crippen molar-refractivity contribution in [1.29, 1.82) is 0 Å². The number of alkyl carbamates (subject to hydrolysis) is 1. The lowest BCUT2D eigenvalue weighted by Crippen LogP contribution is -2.46. The molecule has 0 saturated carbocycles. The molecule has 11 N–H and O–H groups in total. The number of methoxy groups -OCH3 is 2. The summed E-state index contributed by atoms with van der Waals surface area (Å²) in [5.74, 6) is -1.58. The number of phenols is 2. The maximum Gasteiger partial charge on any atom is 0.407 e. The Morgan fingerprint density at radius 2 is 1.00 bits per heavy atom. The topological polar surface area (TPSA) is 325 Å². The standard InChI is InChI=1S/C24H27N5O4.C20H19N3O3.C9H18N2O4.ClH/c1-14-21(22(31)29-19(12-25)23(32)33-3)15(2)28-24(27-14)26-13-16-8-4-5-9-17(16)18-10-6-7-11-20(18)30;1-12-18(19(25)26)13(2)23-20(22-12)21-11-14-7-3-4-8-15(14)16-9-5-6-10-17(16)24;1-9(2,3)15-8(13)11-5-6(10)7(12)14-4;/h4-11,19,30H,12-13,25H2,1-3H3,(H,29,31)(H,26,27,28);3-10,24H,11H2,1-2H3,(H,25,26)(H,21,22,23);6H,5,10H2,1-4H3,(H,11,13);1H/t19-;;6-;/m0.0./s1. The molecule has 2 heterocycles. The van der Waals surface area contributed by atoms with Crippen molar-refractivity contribution in [2.75, 3.05) is 37.9 Å². The van der Waals surface area contributed by atoms with Crippen molar-refractivity contribution < 1.29 is 53.5 Å². The van der Waals surface area contributed by atoms with Gasteiger partial charge in [-0.2, -0.15) is 0 Å². The van der Waals surface area contributed by atoms with Crippen LogP contribution in [-0.4, -0.2) is 110 Å². The lowest BCUT2D eigenvalue weighted by Gasteiger charge is -2.20. The van der Waals surface area contributed by atoms with Crippen molar-refractivity contribution in [3.05, 3.63) is 142 Å². The van der Waals surface area contributed by atoms with E-state index >= 15 is 0 Å². The van der Waals surface area contributed by atoms with Gasteiger partial charge in [0.05, 0.1) is 42.6 Å². The van der Waals surface area contributed by atoms with E-state index in [9.17, 15) is 39.3 Å². The van der Waals surface area contributed by atoms with Crippen molar-refractivity contribution in [3.63, 3.8) is 0 Å². The number of amides is 2. The number of carbonyl (C=O) groups is 5. The van der Waals surface area contributed by atoms with Gasteiger partial charge in [-0.05, 0) is 82.9 Å². The molecule has 75 heavy (non-hydrogen) atoms. The van der Waals surface area contributed by atoms with Crippen LogP contribution in [-0.2, 0) is 36.9 Å².